The highest BCUT2D eigenvalue weighted by Gasteiger charge is 2.22. The molecule has 1 N–H and O–H groups in total. The first-order valence-corrected chi connectivity index (χ1v) is 9.11. The Morgan fingerprint density at radius 2 is 1.78 bits per heavy atom. The quantitative estimate of drug-likeness (QED) is 0.879. The van der Waals surface area contributed by atoms with E-state index in [1.54, 1.807) is 11.0 Å². The van der Waals surface area contributed by atoms with Crippen LogP contribution in [0.5, 0.6) is 0 Å². The van der Waals surface area contributed by atoms with E-state index in [0.717, 1.165) is 19.6 Å². The Morgan fingerprint density at radius 3 is 2.48 bits per heavy atom. The molecule has 1 aliphatic heterocycles. The number of piperazine rings is 1. The smallest absolute Gasteiger partial charge is 0.254 e. The molecule has 0 spiro atoms. The summed E-state index contributed by atoms with van der Waals surface area (Å²) in [7, 11) is 0. The number of rotatable bonds is 5. The summed E-state index contributed by atoms with van der Waals surface area (Å²) < 4.78 is 13.6. The van der Waals surface area contributed by atoms with Crippen molar-refractivity contribution in [3.05, 3.63) is 71.0 Å². The lowest BCUT2D eigenvalue weighted by atomic mass is 10.1. The Hall–Kier alpha value is -2.73. The fraction of sp³-hybridized carbons (Fsp3) is 0.333. The van der Waals surface area contributed by atoms with Crippen molar-refractivity contribution in [2.24, 2.45) is 0 Å². The van der Waals surface area contributed by atoms with Gasteiger partial charge in [0.25, 0.3) is 5.91 Å². The molecule has 0 bridgehead atoms. The van der Waals surface area contributed by atoms with E-state index in [-0.39, 0.29) is 18.0 Å². The fourth-order valence-electron chi connectivity index (χ4n) is 3.23. The minimum absolute atomic E-state index is 0.0479. The Labute approximate surface area is 158 Å². The first-order valence-electron chi connectivity index (χ1n) is 9.11. The van der Waals surface area contributed by atoms with Crippen LogP contribution in [0.4, 0.5) is 4.39 Å². The number of nitrogens with one attached hydrogen (secondary N) is 1. The van der Waals surface area contributed by atoms with Crippen LogP contribution >= 0.6 is 0 Å². The molecule has 1 aliphatic rings. The Morgan fingerprint density at radius 1 is 1.04 bits per heavy atom. The van der Waals surface area contributed by atoms with Gasteiger partial charge in [0.05, 0.1) is 12.1 Å². The molecule has 6 heteroatoms. The summed E-state index contributed by atoms with van der Waals surface area (Å²) in [4.78, 5) is 28.4. The maximum Gasteiger partial charge on any atom is 0.254 e. The number of nitrogens with zero attached hydrogens (tertiary/aromatic N) is 2. The largest absolute Gasteiger partial charge is 0.343 e. The maximum absolute atomic E-state index is 13.6. The van der Waals surface area contributed by atoms with Gasteiger partial charge in [0.1, 0.15) is 5.82 Å². The average molecular weight is 369 g/mol. The number of halogens is 1. The third-order valence-electron chi connectivity index (χ3n) is 4.73. The van der Waals surface area contributed by atoms with Crippen molar-refractivity contribution in [2.45, 2.75) is 13.5 Å². The van der Waals surface area contributed by atoms with Gasteiger partial charge in [-0.2, -0.15) is 0 Å². The van der Waals surface area contributed by atoms with Crippen molar-refractivity contribution < 1.29 is 14.0 Å². The topological polar surface area (TPSA) is 52.6 Å². The summed E-state index contributed by atoms with van der Waals surface area (Å²) in [6.07, 6.45) is 0. The molecule has 1 heterocycles. The van der Waals surface area contributed by atoms with Crippen LogP contribution in [0.3, 0.4) is 0 Å². The van der Waals surface area contributed by atoms with E-state index < -0.39 is 11.7 Å². The summed E-state index contributed by atoms with van der Waals surface area (Å²) in [5.41, 5.74) is 2.46. The second kappa shape index (κ2) is 8.77. The highest BCUT2D eigenvalue weighted by atomic mass is 19.1. The molecule has 1 fully saturated rings. The number of aryl methyl sites for hydroxylation is 1. The fourth-order valence-corrected chi connectivity index (χ4v) is 3.23. The predicted molar refractivity (Wildman–Crippen MR) is 102 cm³/mol. The molecule has 1 saturated heterocycles. The minimum atomic E-state index is -0.591. The number of hydrogen-bond acceptors (Lipinski definition) is 3. The molecule has 0 aromatic heterocycles. The third-order valence-corrected chi connectivity index (χ3v) is 4.73. The molecular weight excluding hydrogens is 345 g/mol. The lowest BCUT2D eigenvalue weighted by Crippen LogP contribution is -2.50. The van der Waals surface area contributed by atoms with Crippen molar-refractivity contribution >= 4 is 11.8 Å². The van der Waals surface area contributed by atoms with Crippen LogP contribution in [-0.2, 0) is 11.3 Å². The van der Waals surface area contributed by atoms with Gasteiger partial charge in [0, 0.05) is 32.7 Å². The first-order chi connectivity index (χ1) is 13.0. The van der Waals surface area contributed by atoms with Crippen LogP contribution in [-0.4, -0.2) is 54.3 Å². The van der Waals surface area contributed by atoms with E-state index in [4.69, 9.17) is 0 Å². The van der Waals surface area contributed by atoms with Gasteiger partial charge < -0.3 is 10.2 Å². The average Bonchev–Trinajstić information content (AvgIpc) is 2.67. The summed E-state index contributed by atoms with van der Waals surface area (Å²) in [6, 6.07) is 14.2. The molecule has 27 heavy (non-hydrogen) atoms. The number of hydrogen-bond donors (Lipinski definition) is 1. The van der Waals surface area contributed by atoms with Gasteiger partial charge in [-0.25, -0.2) is 4.39 Å². The molecule has 0 unspecified atom stereocenters. The molecule has 0 saturated carbocycles. The van der Waals surface area contributed by atoms with Gasteiger partial charge in [-0.3, -0.25) is 14.5 Å². The molecule has 2 aromatic rings. The lowest BCUT2D eigenvalue weighted by molar-refractivity contribution is -0.131. The maximum atomic E-state index is 13.6. The Bertz CT molecular complexity index is 817. The van der Waals surface area contributed by atoms with Gasteiger partial charge in [-0.15, -0.1) is 0 Å². The van der Waals surface area contributed by atoms with Crippen LogP contribution < -0.4 is 5.32 Å². The van der Waals surface area contributed by atoms with Crippen LogP contribution in [0.15, 0.2) is 48.5 Å². The number of amides is 2. The van der Waals surface area contributed by atoms with Gasteiger partial charge in [-0.05, 0) is 24.6 Å². The minimum Gasteiger partial charge on any atom is -0.343 e. The van der Waals surface area contributed by atoms with Crippen molar-refractivity contribution in [3.8, 4) is 0 Å². The molecule has 0 radical (unpaired) electrons. The van der Waals surface area contributed by atoms with Crippen LogP contribution in [0.25, 0.3) is 0 Å². The predicted octanol–water partition coefficient (Wildman–Crippen LogP) is 2.21. The Kier molecular flexibility index (Phi) is 6.19. The van der Waals surface area contributed by atoms with Gasteiger partial charge in [0.15, 0.2) is 0 Å². The van der Waals surface area contributed by atoms with Crippen LogP contribution in [0.2, 0.25) is 0 Å². The summed E-state index contributed by atoms with van der Waals surface area (Å²) in [5.74, 6) is -1.30. The van der Waals surface area contributed by atoms with Gasteiger partial charge in [0.2, 0.25) is 5.91 Å². The highest BCUT2D eigenvalue weighted by Crippen LogP contribution is 2.11. The van der Waals surface area contributed by atoms with E-state index in [0.29, 0.717) is 13.1 Å². The molecule has 2 amide bonds. The summed E-state index contributed by atoms with van der Waals surface area (Å²) >= 11 is 0. The zero-order chi connectivity index (χ0) is 19.2. The standard InChI is InChI=1S/C21H24FN3O2/c1-16-5-4-6-17(13-16)15-24-9-11-25(12-10-24)20(26)14-23-21(27)18-7-2-3-8-19(18)22/h2-8,13H,9-12,14-15H2,1H3,(H,23,27). The lowest BCUT2D eigenvalue weighted by Gasteiger charge is -2.34. The van der Waals surface area contributed by atoms with Crippen LogP contribution in [0, 0.1) is 12.7 Å². The summed E-state index contributed by atoms with van der Waals surface area (Å²) in [6.45, 7) is 5.66. The second-order valence-corrected chi connectivity index (χ2v) is 6.81. The van der Waals surface area contributed by atoms with Crippen molar-refractivity contribution in [1.82, 2.24) is 15.1 Å². The molecular formula is C21H24FN3O2. The van der Waals surface area contributed by atoms with E-state index in [2.05, 4.69) is 41.4 Å². The second-order valence-electron chi connectivity index (χ2n) is 6.81. The first kappa shape index (κ1) is 19.0. The van der Waals surface area contributed by atoms with Gasteiger partial charge >= 0.3 is 0 Å². The Balaban J connectivity index is 1.44. The van der Waals surface area contributed by atoms with Crippen molar-refractivity contribution in [1.29, 1.82) is 0 Å². The number of carbonyl (C=O) groups is 2. The van der Waals surface area contributed by atoms with E-state index in [1.165, 1.54) is 29.3 Å². The zero-order valence-corrected chi connectivity index (χ0v) is 15.5. The normalized spacial score (nSPS) is 14.8. The van der Waals surface area contributed by atoms with E-state index >= 15 is 0 Å². The molecule has 5 nitrogen and oxygen atoms in total. The number of carbonyl (C=O) groups excluding carboxylic acids is 2. The monoisotopic (exact) mass is 369 g/mol. The molecule has 3 rings (SSSR count). The van der Waals surface area contributed by atoms with E-state index in [9.17, 15) is 14.0 Å². The van der Waals surface area contributed by atoms with Crippen molar-refractivity contribution in [3.63, 3.8) is 0 Å². The third kappa shape index (κ3) is 5.14. The summed E-state index contributed by atoms with van der Waals surface area (Å²) in [5, 5.41) is 2.51. The van der Waals surface area contributed by atoms with Crippen LogP contribution in [0.1, 0.15) is 21.5 Å². The molecule has 142 valence electrons. The van der Waals surface area contributed by atoms with Gasteiger partial charge in [-0.1, -0.05) is 42.0 Å². The zero-order valence-electron chi connectivity index (χ0n) is 15.5. The highest BCUT2D eigenvalue weighted by molar-refractivity contribution is 5.96. The molecule has 0 atom stereocenters. The number of benzene rings is 2. The molecule has 2 aromatic carbocycles. The molecule has 0 aliphatic carbocycles. The van der Waals surface area contributed by atoms with E-state index in [1.807, 2.05) is 0 Å². The SMILES string of the molecule is Cc1cccc(CN2CCN(C(=O)CNC(=O)c3ccccc3F)CC2)c1. The van der Waals surface area contributed by atoms with Crippen molar-refractivity contribution in [2.75, 3.05) is 32.7 Å².